The molecule has 0 atom stereocenters. The molecule has 0 nitrogen and oxygen atoms in total. The first kappa shape index (κ1) is 30.5. The van der Waals surface area contributed by atoms with Crippen LogP contribution in [0.4, 0.5) is 0 Å². The van der Waals surface area contributed by atoms with Crippen LogP contribution in [0.1, 0.15) is 62.8 Å². The van der Waals surface area contributed by atoms with Crippen molar-refractivity contribution in [3.63, 3.8) is 0 Å². The Morgan fingerprint density at radius 3 is 2.06 bits per heavy atom. The number of benzene rings is 2. The van der Waals surface area contributed by atoms with Gasteiger partial charge in [-0.3, -0.25) is 0 Å². The second kappa shape index (κ2) is 14.8. The van der Waals surface area contributed by atoms with E-state index < -0.39 is 0 Å². The fourth-order valence-corrected chi connectivity index (χ4v) is 3.95. The van der Waals surface area contributed by atoms with Gasteiger partial charge < -0.3 is 0 Å². The van der Waals surface area contributed by atoms with Crippen molar-refractivity contribution in [2.45, 2.75) is 79.3 Å². The smallest absolute Gasteiger partial charge is 0.208 e. The summed E-state index contributed by atoms with van der Waals surface area (Å²) < 4.78 is 0. The molecule has 0 saturated carbocycles. The third-order valence-corrected chi connectivity index (χ3v) is 5.75. The van der Waals surface area contributed by atoms with E-state index in [9.17, 15) is 0 Å². The van der Waals surface area contributed by atoms with Gasteiger partial charge >= 0.3 is 26.2 Å². The molecule has 0 unspecified atom stereocenters. The van der Waals surface area contributed by atoms with E-state index >= 15 is 0 Å². The van der Waals surface area contributed by atoms with Crippen LogP contribution < -0.4 is 0 Å². The van der Waals surface area contributed by atoms with Crippen LogP contribution in [0.2, 0.25) is 13.1 Å². The van der Waals surface area contributed by atoms with Gasteiger partial charge in [0.15, 0.2) is 0 Å². The Morgan fingerprint density at radius 1 is 0.882 bits per heavy atom. The number of rotatable bonds is 4. The molecule has 0 fully saturated rings. The minimum atomic E-state index is 0. The largest absolute Gasteiger partial charge is 2.00 e. The first-order valence-electron chi connectivity index (χ1n) is 12.3. The maximum absolute atomic E-state index is 2.28. The Labute approximate surface area is 230 Å². The van der Waals surface area contributed by atoms with E-state index in [2.05, 4.69) is 127 Å². The van der Waals surface area contributed by atoms with Crippen molar-refractivity contribution in [3.05, 3.63) is 95.1 Å². The molecule has 0 N–H and O–H groups in total. The number of fused-ring (bicyclic) bond motifs is 1. The fraction of sp³-hybridized carbons (Fsp3) is 0.375. The monoisotopic (exact) mass is 544 g/mol. The van der Waals surface area contributed by atoms with Crippen LogP contribution in [-0.2, 0) is 38.0 Å². The first-order valence-corrected chi connectivity index (χ1v) is 14.3. The van der Waals surface area contributed by atoms with Crippen molar-refractivity contribution in [1.82, 2.24) is 0 Å². The molecule has 0 aliphatic rings. The van der Waals surface area contributed by atoms with Gasteiger partial charge in [-0.15, -0.1) is 34.5 Å². The van der Waals surface area contributed by atoms with Crippen LogP contribution in [0, 0.1) is 13.8 Å². The quantitative estimate of drug-likeness (QED) is 0.177. The molecule has 0 amide bonds. The molecule has 4 aromatic rings. The number of aryl methyl sites for hydroxylation is 3. The molecule has 0 saturated heterocycles. The van der Waals surface area contributed by atoms with Gasteiger partial charge in [-0.25, -0.2) is 6.07 Å². The zero-order valence-electron chi connectivity index (χ0n) is 22.5. The maximum atomic E-state index is 2.28. The van der Waals surface area contributed by atoms with Gasteiger partial charge in [-0.2, -0.15) is 29.3 Å². The average Bonchev–Trinajstić information content (AvgIpc) is 3.36. The molecular formula is C32H42SiZr. The van der Waals surface area contributed by atoms with E-state index in [1.54, 1.807) is 0 Å². The molecule has 0 spiro atoms. The average molecular weight is 546 g/mol. The second-order valence-corrected chi connectivity index (χ2v) is 11.1. The summed E-state index contributed by atoms with van der Waals surface area (Å²) in [7, 11) is 1.08. The molecule has 34 heavy (non-hydrogen) atoms. The molecule has 0 aliphatic heterocycles. The summed E-state index contributed by atoms with van der Waals surface area (Å²) in [5.41, 5.74) is 8.45. The van der Waals surface area contributed by atoms with Gasteiger partial charge in [0.05, 0.1) is 0 Å². The van der Waals surface area contributed by atoms with Gasteiger partial charge in [0.1, 0.15) is 0 Å². The summed E-state index contributed by atoms with van der Waals surface area (Å²) >= 11 is 0. The SMILES string of the molecule is CCCCc1c[cH-]c(C)c1.C[Si]C.Cc1cc2c(-c3ccc(C(C)(C)C)cc3)cccc2[cH-]1.[Zr+2]. The Hall–Kier alpha value is -1.50. The summed E-state index contributed by atoms with van der Waals surface area (Å²) in [6.07, 6.45) is 3.87. The fourth-order valence-electron chi connectivity index (χ4n) is 3.95. The van der Waals surface area contributed by atoms with Crippen LogP contribution in [0.5, 0.6) is 0 Å². The molecule has 178 valence electrons. The molecule has 0 aliphatic carbocycles. The summed E-state index contributed by atoms with van der Waals surface area (Å²) in [5, 5.41) is 2.69. The number of hydrogen-bond acceptors (Lipinski definition) is 0. The van der Waals surface area contributed by atoms with Crippen LogP contribution >= 0.6 is 0 Å². The zero-order valence-corrected chi connectivity index (χ0v) is 26.0. The van der Waals surface area contributed by atoms with E-state index in [-0.39, 0.29) is 31.6 Å². The van der Waals surface area contributed by atoms with Crippen molar-refractivity contribution in [3.8, 4) is 11.1 Å². The molecule has 0 heterocycles. The number of unbranched alkanes of at least 4 members (excludes halogenated alkanes) is 1. The van der Waals surface area contributed by atoms with E-state index in [4.69, 9.17) is 0 Å². The molecule has 2 heteroatoms. The molecule has 4 aromatic carbocycles. The van der Waals surface area contributed by atoms with Crippen LogP contribution in [-0.4, -0.2) is 9.52 Å². The van der Waals surface area contributed by atoms with Gasteiger partial charge in [-0.05, 0) is 16.5 Å². The van der Waals surface area contributed by atoms with Crippen molar-refractivity contribution in [2.75, 3.05) is 0 Å². The second-order valence-electron chi connectivity index (χ2n) is 10.1. The molecule has 2 radical (unpaired) electrons. The minimum Gasteiger partial charge on any atom is -0.208 e. The first-order chi connectivity index (χ1) is 15.7. The Bertz CT molecular complexity index is 1090. The van der Waals surface area contributed by atoms with Crippen LogP contribution in [0.15, 0.2) is 72.8 Å². The number of hydrogen-bond donors (Lipinski definition) is 0. The molecular weight excluding hydrogens is 504 g/mol. The molecule has 4 rings (SSSR count). The van der Waals surface area contributed by atoms with E-state index in [0.29, 0.717) is 0 Å². The Kier molecular flexibility index (Phi) is 13.3. The Morgan fingerprint density at radius 2 is 1.53 bits per heavy atom. The van der Waals surface area contributed by atoms with E-state index in [1.807, 2.05) is 0 Å². The van der Waals surface area contributed by atoms with Gasteiger partial charge in [-0.1, -0.05) is 110 Å². The van der Waals surface area contributed by atoms with Crippen LogP contribution in [0.3, 0.4) is 0 Å². The summed E-state index contributed by atoms with van der Waals surface area (Å²) in [4.78, 5) is 0. The summed E-state index contributed by atoms with van der Waals surface area (Å²) in [6.45, 7) is 17.6. The van der Waals surface area contributed by atoms with Crippen molar-refractivity contribution >= 4 is 20.3 Å². The molecule has 0 bridgehead atoms. The minimum absolute atomic E-state index is 0. The van der Waals surface area contributed by atoms with Crippen molar-refractivity contribution in [2.24, 2.45) is 0 Å². The summed E-state index contributed by atoms with van der Waals surface area (Å²) in [6, 6.07) is 26.8. The predicted octanol–water partition coefficient (Wildman–Crippen LogP) is 9.67. The zero-order chi connectivity index (χ0) is 24.4. The summed E-state index contributed by atoms with van der Waals surface area (Å²) in [5.74, 6) is 0. The third-order valence-electron chi connectivity index (χ3n) is 5.75. The Balaban J connectivity index is 0.000000349. The van der Waals surface area contributed by atoms with Gasteiger partial charge in [0.25, 0.3) is 0 Å². The molecule has 0 aromatic heterocycles. The van der Waals surface area contributed by atoms with E-state index in [0.717, 1.165) is 9.52 Å². The van der Waals surface area contributed by atoms with Crippen LogP contribution in [0.25, 0.3) is 21.9 Å². The topological polar surface area (TPSA) is 0 Å². The predicted molar refractivity (Wildman–Crippen MR) is 151 cm³/mol. The van der Waals surface area contributed by atoms with E-state index in [1.165, 1.54) is 63.4 Å². The standard InChI is InChI=1S/C20H21.C10H15.C2H6Si.Zr/c1-14-12-16-6-5-7-18(19(16)13-14)15-8-10-17(11-9-15)20(2,3)4;1-3-4-5-10-7-6-9(2)8-10;1-3-2;/h5-13H,1-4H3;6-8H,3-5H2,1-2H3;1-2H3;/q2*-1;;+2. The van der Waals surface area contributed by atoms with Gasteiger partial charge in [0.2, 0.25) is 0 Å². The van der Waals surface area contributed by atoms with Crippen molar-refractivity contribution < 1.29 is 26.2 Å². The normalized spacial score (nSPS) is 10.6. The van der Waals surface area contributed by atoms with Crippen molar-refractivity contribution in [1.29, 1.82) is 0 Å². The maximum Gasteiger partial charge on any atom is 2.00 e. The third kappa shape index (κ3) is 9.27. The van der Waals surface area contributed by atoms with Gasteiger partial charge in [0, 0.05) is 9.52 Å².